The third-order valence-electron chi connectivity index (χ3n) is 6.02. The molecule has 0 N–H and O–H groups in total. The summed E-state index contributed by atoms with van der Waals surface area (Å²) in [5.41, 5.74) is 0.305. The van der Waals surface area contributed by atoms with Crippen LogP contribution in [0.25, 0.3) is 22.2 Å². The van der Waals surface area contributed by atoms with Crippen molar-refractivity contribution in [1.29, 1.82) is 0 Å². The molecule has 0 radical (unpaired) electrons. The highest BCUT2D eigenvalue weighted by Crippen LogP contribution is 2.32. The van der Waals surface area contributed by atoms with Gasteiger partial charge in [0.05, 0.1) is 29.4 Å². The summed E-state index contributed by atoms with van der Waals surface area (Å²) in [6.45, 7) is 2.98. The zero-order valence-corrected chi connectivity index (χ0v) is 18.7. The summed E-state index contributed by atoms with van der Waals surface area (Å²) in [7, 11) is 3.34. The molecule has 11 heteroatoms. The number of halogens is 3. The molecule has 4 aromatic rings. The molecular weight excluding hydrogens is 449 g/mol. The van der Waals surface area contributed by atoms with E-state index in [1.165, 1.54) is 11.6 Å². The molecule has 0 amide bonds. The second-order valence-electron chi connectivity index (χ2n) is 8.25. The highest BCUT2D eigenvalue weighted by molar-refractivity contribution is 5.93. The van der Waals surface area contributed by atoms with Crippen LogP contribution in [0, 0.1) is 24.4 Å². The molecule has 8 nitrogen and oxygen atoms in total. The van der Waals surface area contributed by atoms with E-state index in [9.17, 15) is 18.0 Å². The Kier molecular flexibility index (Phi) is 5.35. The van der Waals surface area contributed by atoms with Crippen LogP contribution in [0.5, 0.6) is 0 Å². The van der Waals surface area contributed by atoms with Gasteiger partial charge in [0.2, 0.25) is 0 Å². The molecule has 5 rings (SSSR count). The molecule has 176 valence electrons. The maximum absolute atomic E-state index is 14.8. The predicted octanol–water partition coefficient (Wildman–Crippen LogP) is 3.03. The van der Waals surface area contributed by atoms with Crippen molar-refractivity contribution >= 4 is 16.7 Å². The summed E-state index contributed by atoms with van der Waals surface area (Å²) >= 11 is 0. The van der Waals surface area contributed by atoms with E-state index in [1.54, 1.807) is 23.9 Å². The summed E-state index contributed by atoms with van der Waals surface area (Å²) in [5.74, 6) is -2.72. The van der Waals surface area contributed by atoms with E-state index in [2.05, 4.69) is 15.1 Å². The lowest BCUT2D eigenvalue weighted by atomic mass is 10.1. The SMILES string of the molecule is Cc1nc2cc(N3CCO[C@H](c4cnn(C)c4)C3)nc(-c3cc(F)c(F)cc3F)c2c(=O)n1C. The molecule has 0 aliphatic carbocycles. The maximum atomic E-state index is 14.8. The fourth-order valence-electron chi connectivity index (χ4n) is 4.11. The van der Waals surface area contributed by atoms with Gasteiger partial charge in [0.15, 0.2) is 11.6 Å². The van der Waals surface area contributed by atoms with Crippen LogP contribution in [0.4, 0.5) is 19.0 Å². The second kappa shape index (κ2) is 8.24. The Hall–Kier alpha value is -3.73. The number of fused-ring (bicyclic) bond motifs is 1. The number of nitrogens with zero attached hydrogens (tertiary/aromatic N) is 6. The topological polar surface area (TPSA) is 78.1 Å². The highest BCUT2D eigenvalue weighted by atomic mass is 19.2. The molecule has 1 aliphatic heterocycles. The number of aromatic nitrogens is 5. The van der Waals surface area contributed by atoms with Gasteiger partial charge in [0.25, 0.3) is 5.56 Å². The second-order valence-corrected chi connectivity index (χ2v) is 8.25. The molecule has 0 spiro atoms. The fraction of sp³-hybridized carbons (Fsp3) is 0.304. The Morgan fingerprint density at radius 1 is 1.06 bits per heavy atom. The number of hydrogen-bond donors (Lipinski definition) is 0. The van der Waals surface area contributed by atoms with Crippen molar-refractivity contribution in [3.05, 3.63) is 69.8 Å². The lowest BCUT2D eigenvalue weighted by molar-refractivity contribution is 0.0395. The van der Waals surface area contributed by atoms with Gasteiger partial charge < -0.3 is 9.64 Å². The van der Waals surface area contributed by atoms with Crippen LogP contribution >= 0.6 is 0 Å². The third kappa shape index (κ3) is 3.71. The molecule has 4 heterocycles. The molecule has 3 aromatic heterocycles. The minimum absolute atomic E-state index is 0.0267. The standard InChI is InChI=1S/C23H21F3N6O2/c1-12-28-18-8-20(32-4-5-34-19(11-32)13-9-27-30(2)10-13)29-22(21(18)23(33)31(12)3)14-6-16(25)17(26)7-15(14)24/h6-10,19H,4-5,11H2,1-3H3/t19-/m0/s1. The minimum Gasteiger partial charge on any atom is -0.370 e. The van der Waals surface area contributed by atoms with Crippen LogP contribution in [0.2, 0.25) is 0 Å². The number of hydrogen-bond acceptors (Lipinski definition) is 6. The van der Waals surface area contributed by atoms with Gasteiger partial charge in [-0.25, -0.2) is 23.1 Å². The van der Waals surface area contributed by atoms with Crippen molar-refractivity contribution in [2.24, 2.45) is 14.1 Å². The fourth-order valence-corrected chi connectivity index (χ4v) is 4.11. The first-order chi connectivity index (χ1) is 16.2. The van der Waals surface area contributed by atoms with Crippen LogP contribution < -0.4 is 10.5 Å². The predicted molar refractivity (Wildman–Crippen MR) is 119 cm³/mol. The maximum Gasteiger partial charge on any atom is 0.263 e. The van der Waals surface area contributed by atoms with E-state index in [0.717, 1.165) is 5.56 Å². The number of ether oxygens (including phenoxy) is 1. The zero-order valence-electron chi connectivity index (χ0n) is 18.7. The lowest BCUT2D eigenvalue weighted by Crippen LogP contribution is -2.39. The largest absolute Gasteiger partial charge is 0.370 e. The van der Waals surface area contributed by atoms with E-state index in [0.29, 0.717) is 43.5 Å². The van der Waals surface area contributed by atoms with Crippen molar-refractivity contribution in [2.75, 3.05) is 24.6 Å². The van der Waals surface area contributed by atoms with E-state index >= 15 is 0 Å². The van der Waals surface area contributed by atoms with E-state index in [1.807, 2.05) is 18.1 Å². The Balaban J connectivity index is 1.69. The monoisotopic (exact) mass is 470 g/mol. The number of aryl methyl sites for hydroxylation is 2. The molecule has 1 aliphatic rings. The molecule has 1 fully saturated rings. The summed E-state index contributed by atoms with van der Waals surface area (Å²) in [6.07, 6.45) is 3.30. The van der Waals surface area contributed by atoms with E-state index < -0.39 is 23.0 Å². The molecule has 0 unspecified atom stereocenters. The third-order valence-corrected chi connectivity index (χ3v) is 6.02. The molecule has 1 saturated heterocycles. The molecular formula is C23H21F3N6O2. The molecule has 0 bridgehead atoms. The Morgan fingerprint density at radius 2 is 1.82 bits per heavy atom. The van der Waals surface area contributed by atoms with E-state index in [-0.39, 0.29) is 28.3 Å². The summed E-state index contributed by atoms with van der Waals surface area (Å²) in [6, 6.07) is 2.81. The smallest absolute Gasteiger partial charge is 0.263 e. The van der Waals surface area contributed by atoms with Gasteiger partial charge in [-0.2, -0.15) is 5.10 Å². The summed E-state index contributed by atoms with van der Waals surface area (Å²) in [4.78, 5) is 24.1. The van der Waals surface area contributed by atoms with Crippen molar-refractivity contribution < 1.29 is 17.9 Å². The average molecular weight is 470 g/mol. The normalized spacial score (nSPS) is 16.4. The summed E-state index contributed by atoms with van der Waals surface area (Å²) < 4.78 is 51.4. The van der Waals surface area contributed by atoms with Gasteiger partial charge in [-0.15, -0.1) is 0 Å². The molecule has 1 aromatic carbocycles. The van der Waals surface area contributed by atoms with Gasteiger partial charge in [0, 0.05) is 56.6 Å². The van der Waals surface area contributed by atoms with Gasteiger partial charge in [-0.1, -0.05) is 0 Å². The van der Waals surface area contributed by atoms with Crippen molar-refractivity contribution in [1.82, 2.24) is 24.3 Å². The van der Waals surface area contributed by atoms with E-state index in [4.69, 9.17) is 4.74 Å². The lowest BCUT2D eigenvalue weighted by Gasteiger charge is -2.33. The zero-order chi connectivity index (χ0) is 24.1. The quantitative estimate of drug-likeness (QED) is 0.429. The van der Waals surface area contributed by atoms with Crippen molar-refractivity contribution in [2.45, 2.75) is 13.0 Å². The number of benzene rings is 1. The first-order valence-corrected chi connectivity index (χ1v) is 10.6. The number of morpholine rings is 1. The first kappa shape index (κ1) is 22.1. The first-order valence-electron chi connectivity index (χ1n) is 10.6. The number of rotatable bonds is 3. The summed E-state index contributed by atoms with van der Waals surface area (Å²) in [5, 5.41) is 4.21. The Labute approximate surface area is 192 Å². The Bertz CT molecular complexity index is 1480. The van der Waals surface area contributed by atoms with Crippen LogP contribution in [-0.2, 0) is 18.8 Å². The van der Waals surface area contributed by atoms with Crippen LogP contribution in [0.15, 0.2) is 35.4 Å². The van der Waals surface area contributed by atoms with Crippen molar-refractivity contribution in [3.63, 3.8) is 0 Å². The molecule has 0 saturated carbocycles. The average Bonchev–Trinajstić information content (AvgIpc) is 3.25. The van der Waals surface area contributed by atoms with Gasteiger partial charge in [-0.3, -0.25) is 14.0 Å². The number of pyridine rings is 1. The molecule has 1 atom stereocenters. The van der Waals surface area contributed by atoms with Crippen LogP contribution in [0.3, 0.4) is 0 Å². The number of anilines is 1. The van der Waals surface area contributed by atoms with Gasteiger partial charge in [0.1, 0.15) is 23.6 Å². The minimum atomic E-state index is -1.32. The Morgan fingerprint density at radius 3 is 2.56 bits per heavy atom. The van der Waals surface area contributed by atoms with Crippen LogP contribution in [-0.4, -0.2) is 44.0 Å². The van der Waals surface area contributed by atoms with Crippen molar-refractivity contribution in [3.8, 4) is 11.3 Å². The highest BCUT2D eigenvalue weighted by Gasteiger charge is 2.27. The van der Waals surface area contributed by atoms with Gasteiger partial charge >= 0.3 is 0 Å². The van der Waals surface area contributed by atoms with Crippen LogP contribution in [0.1, 0.15) is 17.5 Å². The molecule has 34 heavy (non-hydrogen) atoms. The van der Waals surface area contributed by atoms with Gasteiger partial charge in [-0.05, 0) is 13.0 Å².